The second-order valence-electron chi connectivity index (χ2n) is 2.61. The third-order valence-corrected chi connectivity index (χ3v) is 1.52. The van der Waals surface area contributed by atoms with Crippen LogP contribution in [0.5, 0.6) is 0 Å². The lowest BCUT2D eigenvalue weighted by atomic mass is 10.4. The van der Waals surface area contributed by atoms with Crippen LogP contribution in [0.3, 0.4) is 0 Å². The second kappa shape index (κ2) is 4.58. The van der Waals surface area contributed by atoms with Gasteiger partial charge in [-0.05, 0) is 6.07 Å². The van der Waals surface area contributed by atoms with Crippen molar-refractivity contribution in [2.45, 2.75) is 13.0 Å². The summed E-state index contributed by atoms with van der Waals surface area (Å²) in [5.74, 6) is 2.57. The Kier molecular flexibility index (Phi) is 3.36. The molecular formula is C9H13N3. The van der Waals surface area contributed by atoms with Crippen LogP contribution in [0.1, 0.15) is 12.1 Å². The zero-order chi connectivity index (χ0) is 8.81. The highest BCUT2D eigenvalue weighted by atomic mass is 15.3. The van der Waals surface area contributed by atoms with Crippen molar-refractivity contribution in [3.63, 3.8) is 0 Å². The van der Waals surface area contributed by atoms with Crippen LogP contribution in [0, 0.1) is 12.3 Å². The summed E-state index contributed by atoms with van der Waals surface area (Å²) in [5, 5.41) is 7.41. The van der Waals surface area contributed by atoms with Crippen molar-refractivity contribution in [1.29, 1.82) is 0 Å². The molecule has 3 heteroatoms. The first-order valence-electron chi connectivity index (χ1n) is 3.95. The number of hydrogen-bond donors (Lipinski definition) is 1. The highest BCUT2D eigenvalue weighted by molar-refractivity contribution is 4.98. The molecule has 0 amide bonds. The van der Waals surface area contributed by atoms with Crippen LogP contribution >= 0.6 is 0 Å². The van der Waals surface area contributed by atoms with Crippen LogP contribution in [-0.4, -0.2) is 16.3 Å². The lowest BCUT2D eigenvalue weighted by molar-refractivity contribution is 0.663. The Morgan fingerprint density at radius 1 is 1.75 bits per heavy atom. The standard InChI is InChI=1S/C9H13N3/c1-3-4-6-10-8-9-5-7-12(2)11-9/h1,5,7,10H,4,6,8H2,2H3. The van der Waals surface area contributed by atoms with Crippen molar-refractivity contribution in [2.24, 2.45) is 7.05 Å². The van der Waals surface area contributed by atoms with Gasteiger partial charge in [-0.25, -0.2) is 0 Å². The molecule has 0 radical (unpaired) electrons. The van der Waals surface area contributed by atoms with E-state index < -0.39 is 0 Å². The Morgan fingerprint density at radius 3 is 3.17 bits per heavy atom. The molecule has 0 aliphatic rings. The van der Waals surface area contributed by atoms with Crippen LogP contribution in [-0.2, 0) is 13.6 Å². The van der Waals surface area contributed by atoms with E-state index in [0.29, 0.717) is 0 Å². The predicted molar refractivity (Wildman–Crippen MR) is 48.4 cm³/mol. The number of aromatic nitrogens is 2. The Hall–Kier alpha value is -1.27. The molecule has 1 rings (SSSR count). The number of nitrogens with one attached hydrogen (secondary N) is 1. The maximum absolute atomic E-state index is 5.10. The van der Waals surface area contributed by atoms with Crippen LogP contribution in [0.2, 0.25) is 0 Å². The van der Waals surface area contributed by atoms with Crippen LogP contribution in [0.4, 0.5) is 0 Å². The van der Waals surface area contributed by atoms with Crippen molar-refractivity contribution in [1.82, 2.24) is 15.1 Å². The average Bonchev–Trinajstić information content (AvgIpc) is 2.45. The van der Waals surface area contributed by atoms with Gasteiger partial charge in [0.25, 0.3) is 0 Å². The molecule has 0 bridgehead atoms. The normalized spacial score (nSPS) is 9.67. The average molecular weight is 163 g/mol. The smallest absolute Gasteiger partial charge is 0.0762 e. The summed E-state index contributed by atoms with van der Waals surface area (Å²) in [4.78, 5) is 0. The van der Waals surface area contributed by atoms with Crippen LogP contribution < -0.4 is 5.32 Å². The summed E-state index contributed by atoms with van der Waals surface area (Å²) < 4.78 is 1.79. The molecule has 0 aliphatic carbocycles. The first-order chi connectivity index (χ1) is 5.83. The highest BCUT2D eigenvalue weighted by Crippen LogP contribution is 1.92. The minimum Gasteiger partial charge on any atom is -0.310 e. The first-order valence-corrected chi connectivity index (χ1v) is 3.95. The van der Waals surface area contributed by atoms with Crippen LogP contribution in [0.15, 0.2) is 12.3 Å². The number of hydrogen-bond acceptors (Lipinski definition) is 2. The monoisotopic (exact) mass is 163 g/mol. The van der Waals surface area contributed by atoms with Crippen molar-refractivity contribution in [3.05, 3.63) is 18.0 Å². The largest absolute Gasteiger partial charge is 0.310 e. The summed E-state index contributed by atoms with van der Waals surface area (Å²) in [6.07, 6.45) is 7.80. The molecule has 1 heterocycles. The zero-order valence-electron chi connectivity index (χ0n) is 7.25. The molecular weight excluding hydrogens is 150 g/mol. The number of rotatable bonds is 4. The van der Waals surface area contributed by atoms with Crippen molar-refractivity contribution in [3.8, 4) is 12.3 Å². The van der Waals surface area contributed by atoms with Gasteiger partial charge in [-0.1, -0.05) is 0 Å². The van der Waals surface area contributed by atoms with Gasteiger partial charge in [-0.3, -0.25) is 4.68 Å². The Morgan fingerprint density at radius 2 is 2.58 bits per heavy atom. The molecule has 0 spiro atoms. The van der Waals surface area contributed by atoms with Gasteiger partial charge in [-0.2, -0.15) is 5.10 Å². The minimum atomic E-state index is 0.771. The fourth-order valence-corrected chi connectivity index (χ4v) is 0.934. The van der Waals surface area contributed by atoms with Gasteiger partial charge in [0.2, 0.25) is 0 Å². The fourth-order valence-electron chi connectivity index (χ4n) is 0.934. The van der Waals surface area contributed by atoms with E-state index in [0.717, 1.165) is 25.2 Å². The third-order valence-electron chi connectivity index (χ3n) is 1.52. The van der Waals surface area contributed by atoms with Crippen LogP contribution in [0.25, 0.3) is 0 Å². The van der Waals surface area contributed by atoms with Gasteiger partial charge < -0.3 is 5.32 Å². The molecule has 3 nitrogen and oxygen atoms in total. The van der Waals surface area contributed by atoms with E-state index in [2.05, 4.69) is 16.3 Å². The number of terminal acetylenes is 1. The molecule has 0 aromatic carbocycles. The molecule has 0 aliphatic heterocycles. The first kappa shape index (κ1) is 8.82. The lowest BCUT2D eigenvalue weighted by Crippen LogP contribution is -2.14. The summed E-state index contributed by atoms with van der Waals surface area (Å²) in [5.41, 5.74) is 1.05. The molecule has 1 N–H and O–H groups in total. The maximum Gasteiger partial charge on any atom is 0.0762 e. The maximum atomic E-state index is 5.10. The summed E-state index contributed by atoms with van der Waals surface area (Å²) in [6.45, 7) is 1.65. The van der Waals surface area contributed by atoms with Gasteiger partial charge in [0.1, 0.15) is 0 Å². The Bertz CT molecular complexity index is 270. The molecule has 0 saturated heterocycles. The van der Waals surface area contributed by atoms with Gasteiger partial charge in [0.05, 0.1) is 5.69 Å². The molecule has 0 fully saturated rings. The van der Waals surface area contributed by atoms with E-state index in [9.17, 15) is 0 Å². The van der Waals surface area contributed by atoms with E-state index in [4.69, 9.17) is 6.42 Å². The van der Waals surface area contributed by atoms with E-state index in [1.807, 2.05) is 19.3 Å². The quantitative estimate of drug-likeness (QED) is 0.518. The Labute approximate surface area is 72.8 Å². The topological polar surface area (TPSA) is 29.9 Å². The molecule has 12 heavy (non-hydrogen) atoms. The molecule has 0 saturated carbocycles. The second-order valence-corrected chi connectivity index (χ2v) is 2.61. The Balaban J connectivity index is 2.21. The van der Waals surface area contributed by atoms with Gasteiger partial charge in [0, 0.05) is 32.8 Å². The summed E-state index contributed by atoms with van der Waals surface area (Å²) in [7, 11) is 1.91. The highest BCUT2D eigenvalue weighted by Gasteiger charge is 1.93. The summed E-state index contributed by atoms with van der Waals surface area (Å²) in [6, 6.07) is 1.99. The minimum absolute atomic E-state index is 0.771. The van der Waals surface area contributed by atoms with E-state index in [1.165, 1.54) is 0 Å². The summed E-state index contributed by atoms with van der Waals surface area (Å²) >= 11 is 0. The SMILES string of the molecule is C#CCCNCc1ccn(C)n1. The number of nitrogens with zero attached hydrogens (tertiary/aromatic N) is 2. The van der Waals surface area contributed by atoms with E-state index >= 15 is 0 Å². The number of aryl methyl sites for hydroxylation is 1. The van der Waals surface area contributed by atoms with Gasteiger partial charge in [0.15, 0.2) is 0 Å². The third kappa shape index (κ3) is 2.77. The lowest BCUT2D eigenvalue weighted by Gasteiger charge is -1.97. The van der Waals surface area contributed by atoms with Gasteiger partial charge in [-0.15, -0.1) is 12.3 Å². The van der Waals surface area contributed by atoms with Crippen molar-refractivity contribution in [2.75, 3.05) is 6.54 Å². The van der Waals surface area contributed by atoms with Crippen molar-refractivity contribution >= 4 is 0 Å². The molecule has 1 aromatic rings. The van der Waals surface area contributed by atoms with E-state index in [-0.39, 0.29) is 0 Å². The molecule has 64 valence electrons. The molecule has 1 aromatic heterocycles. The van der Waals surface area contributed by atoms with Crippen molar-refractivity contribution < 1.29 is 0 Å². The predicted octanol–water partition coefficient (Wildman–Crippen LogP) is 0.533. The molecule has 0 unspecified atom stereocenters. The zero-order valence-corrected chi connectivity index (χ0v) is 7.25. The van der Waals surface area contributed by atoms with E-state index in [1.54, 1.807) is 4.68 Å². The molecule has 0 atom stereocenters. The fraction of sp³-hybridized carbons (Fsp3) is 0.444. The van der Waals surface area contributed by atoms with Gasteiger partial charge >= 0.3 is 0 Å².